The minimum absolute atomic E-state index is 0.102. The Balaban J connectivity index is 1.70. The lowest BCUT2D eigenvalue weighted by Gasteiger charge is -2.25. The molecule has 1 saturated heterocycles. The van der Waals surface area contributed by atoms with Crippen LogP contribution < -0.4 is 5.32 Å². The Hall–Kier alpha value is -2.27. The lowest BCUT2D eigenvalue weighted by molar-refractivity contribution is 0.0803. The number of furan rings is 1. The minimum atomic E-state index is -0.134. The SMILES string of the molecule is Cc1ccc(NC(=O)N(Cc2ccco2)C[C@H]2CCCO2)cc1C. The van der Waals surface area contributed by atoms with Crippen molar-refractivity contribution in [3.05, 3.63) is 53.5 Å². The van der Waals surface area contributed by atoms with Gasteiger partial charge in [0.05, 0.1) is 18.9 Å². The first-order valence-electron chi connectivity index (χ1n) is 8.39. The molecule has 0 unspecified atom stereocenters. The van der Waals surface area contributed by atoms with Crippen molar-refractivity contribution in [1.29, 1.82) is 0 Å². The summed E-state index contributed by atoms with van der Waals surface area (Å²) in [4.78, 5) is 14.5. The molecule has 2 amide bonds. The zero-order valence-electron chi connectivity index (χ0n) is 14.2. The number of aryl methyl sites for hydroxylation is 2. The molecule has 0 bridgehead atoms. The number of nitrogens with zero attached hydrogens (tertiary/aromatic N) is 1. The van der Waals surface area contributed by atoms with Crippen LogP contribution in [0.25, 0.3) is 0 Å². The third-order valence-electron chi connectivity index (χ3n) is 4.42. The van der Waals surface area contributed by atoms with E-state index in [9.17, 15) is 4.79 Å². The van der Waals surface area contributed by atoms with Crippen LogP contribution in [0.4, 0.5) is 10.5 Å². The van der Waals surface area contributed by atoms with E-state index in [-0.39, 0.29) is 12.1 Å². The number of rotatable bonds is 5. The van der Waals surface area contributed by atoms with Crippen LogP contribution in [-0.4, -0.2) is 30.2 Å². The normalized spacial score (nSPS) is 17.0. The van der Waals surface area contributed by atoms with Crippen LogP contribution in [0.15, 0.2) is 41.0 Å². The fourth-order valence-electron chi connectivity index (χ4n) is 2.87. The predicted octanol–water partition coefficient (Wildman–Crippen LogP) is 4.11. The van der Waals surface area contributed by atoms with Crippen LogP contribution in [0.2, 0.25) is 0 Å². The van der Waals surface area contributed by atoms with Gasteiger partial charge in [0.25, 0.3) is 0 Å². The summed E-state index contributed by atoms with van der Waals surface area (Å²) in [6.45, 7) is 5.87. The maximum Gasteiger partial charge on any atom is 0.322 e. The third kappa shape index (κ3) is 4.17. The summed E-state index contributed by atoms with van der Waals surface area (Å²) in [5, 5.41) is 2.99. The van der Waals surface area contributed by atoms with E-state index in [2.05, 4.69) is 12.2 Å². The van der Waals surface area contributed by atoms with Gasteiger partial charge in [-0.2, -0.15) is 0 Å². The second-order valence-corrected chi connectivity index (χ2v) is 6.32. The molecule has 2 heterocycles. The highest BCUT2D eigenvalue weighted by molar-refractivity contribution is 5.89. The van der Waals surface area contributed by atoms with Crippen molar-refractivity contribution in [1.82, 2.24) is 4.90 Å². The Morgan fingerprint density at radius 2 is 2.17 bits per heavy atom. The fraction of sp³-hybridized carbons (Fsp3) is 0.421. The van der Waals surface area contributed by atoms with Crippen LogP contribution in [0.1, 0.15) is 29.7 Å². The monoisotopic (exact) mass is 328 g/mol. The number of nitrogens with one attached hydrogen (secondary N) is 1. The number of carbonyl (C=O) groups is 1. The van der Waals surface area contributed by atoms with Crippen molar-refractivity contribution >= 4 is 11.7 Å². The van der Waals surface area contributed by atoms with E-state index in [1.54, 1.807) is 11.2 Å². The summed E-state index contributed by atoms with van der Waals surface area (Å²) in [5.74, 6) is 0.767. The predicted molar refractivity (Wildman–Crippen MR) is 93.0 cm³/mol. The van der Waals surface area contributed by atoms with Crippen molar-refractivity contribution in [2.75, 3.05) is 18.5 Å². The molecule has 5 nitrogen and oxygen atoms in total. The van der Waals surface area contributed by atoms with Gasteiger partial charge in [0.1, 0.15) is 5.76 Å². The Morgan fingerprint density at radius 3 is 2.83 bits per heavy atom. The van der Waals surface area contributed by atoms with E-state index in [1.165, 1.54) is 5.56 Å². The quantitative estimate of drug-likeness (QED) is 0.898. The third-order valence-corrected chi connectivity index (χ3v) is 4.42. The Labute approximate surface area is 142 Å². The minimum Gasteiger partial charge on any atom is -0.467 e. The van der Waals surface area contributed by atoms with Gasteiger partial charge >= 0.3 is 6.03 Å². The van der Waals surface area contributed by atoms with E-state index < -0.39 is 0 Å². The first kappa shape index (κ1) is 16.6. The molecule has 3 rings (SSSR count). The molecule has 24 heavy (non-hydrogen) atoms. The lowest BCUT2D eigenvalue weighted by atomic mass is 10.1. The maximum atomic E-state index is 12.7. The highest BCUT2D eigenvalue weighted by Gasteiger charge is 2.23. The van der Waals surface area contributed by atoms with Gasteiger partial charge in [-0.15, -0.1) is 0 Å². The number of amides is 2. The maximum absolute atomic E-state index is 12.7. The first-order chi connectivity index (χ1) is 11.6. The zero-order valence-corrected chi connectivity index (χ0v) is 14.2. The summed E-state index contributed by atoms with van der Waals surface area (Å²) in [6, 6.07) is 9.51. The van der Waals surface area contributed by atoms with Gasteiger partial charge in [-0.05, 0) is 62.1 Å². The van der Waals surface area contributed by atoms with Crippen molar-refractivity contribution in [3.63, 3.8) is 0 Å². The van der Waals surface area contributed by atoms with Crippen LogP contribution in [-0.2, 0) is 11.3 Å². The van der Waals surface area contributed by atoms with Crippen molar-refractivity contribution < 1.29 is 13.9 Å². The molecule has 0 aliphatic carbocycles. The molecule has 5 heteroatoms. The van der Waals surface area contributed by atoms with E-state index in [0.29, 0.717) is 13.1 Å². The van der Waals surface area contributed by atoms with Gasteiger partial charge in [-0.25, -0.2) is 4.79 Å². The summed E-state index contributed by atoms with van der Waals surface area (Å²) < 4.78 is 11.1. The van der Waals surface area contributed by atoms with Crippen LogP contribution >= 0.6 is 0 Å². The van der Waals surface area contributed by atoms with Crippen molar-refractivity contribution in [2.45, 2.75) is 39.3 Å². The van der Waals surface area contributed by atoms with E-state index in [1.807, 2.05) is 37.3 Å². The Bertz CT molecular complexity index is 676. The van der Waals surface area contributed by atoms with Gasteiger partial charge in [0, 0.05) is 18.8 Å². The molecular weight excluding hydrogens is 304 g/mol. The van der Waals surface area contributed by atoms with Gasteiger partial charge in [-0.3, -0.25) is 0 Å². The number of carbonyl (C=O) groups excluding carboxylic acids is 1. The molecule has 2 aromatic rings. The molecule has 1 aliphatic heterocycles. The van der Waals surface area contributed by atoms with Crippen LogP contribution in [0, 0.1) is 13.8 Å². The van der Waals surface area contributed by atoms with E-state index in [0.717, 1.165) is 36.5 Å². The fourth-order valence-corrected chi connectivity index (χ4v) is 2.87. The molecule has 1 atom stereocenters. The molecule has 0 radical (unpaired) electrons. The average Bonchev–Trinajstić information content (AvgIpc) is 3.24. The molecule has 0 saturated carbocycles. The highest BCUT2D eigenvalue weighted by atomic mass is 16.5. The first-order valence-corrected chi connectivity index (χ1v) is 8.39. The molecule has 1 N–H and O–H groups in total. The lowest BCUT2D eigenvalue weighted by Crippen LogP contribution is -2.39. The molecule has 128 valence electrons. The van der Waals surface area contributed by atoms with Gasteiger partial charge in [0.2, 0.25) is 0 Å². The average molecular weight is 328 g/mol. The number of anilines is 1. The summed E-state index contributed by atoms with van der Waals surface area (Å²) in [7, 11) is 0. The Morgan fingerprint density at radius 1 is 1.29 bits per heavy atom. The molecule has 1 aromatic heterocycles. The largest absolute Gasteiger partial charge is 0.467 e. The van der Waals surface area contributed by atoms with Gasteiger partial charge < -0.3 is 19.4 Å². The summed E-state index contributed by atoms with van der Waals surface area (Å²) in [5.41, 5.74) is 3.17. The number of urea groups is 1. The van der Waals surface area contributed by atoms with Crippen molar-refractivity contribution in [2.24, 2.45) is 0 Å². The number of benzene rings is 1. The zero-order chi connectivity index (χ0) is 16.9. The Kier molecular flexibility index (Phi) is 5.20. The van der Waals surface area contributed by atoms with Crippen molar-refractivity contribution in [3.8, 4) is 0 Å². The summed E-state index contributed by atoms with van der Waals surface area (Å²) in [6.07, 6.45) is 3.77. The van der Waals surface area contributed by atoms with E-state index >= 15 is 0 Å². The number of hydrogen-bond acceptors (Lipinski definition) is 3. The molecule has 0 spiro atoms. The second-order valence-electron chi connectivity index (χ2n) is 6.32. The molecular formula is C19H24N2O3. The standard InChI is InChI=1S/C19H24N2O3/c1-14-7-8-16(11-15(14)2)20-19(22)21(12-17-5-3-9-23-17)13-18-6-4-10-24-18/h3,5,7-9,11,18H,4,6,10,12-13H2,1-2H3,(H,20,22)/t18-/m1/s1. The van der Waals surface area contributed by atoms with Gasteiger partial charge in [0.15, 0.2) is 0 Å². The summed E-state index contributed by atoms with van der Waals surface area (Å²) >= 11 is 0. The highest BCUT2D eigenvalue weighted by Crippen LogP contribution is 2.18. The van der Waals surface area contributed by atoms with Crippen LogP contribution in [0.3, 0.4) is 0 Å². The van der Waals surface area contributed by atoms with Gasteiger partial charge in [-0.1, -0.05) is 6.07 Å². The number of hydrogen-bond donors (Lipinski definition) is 1. The number of ether oxygens (including phenoxy) is 1. The second kappa shape index (κ2) is 7.53. The van der Waals surface area contributed by atoms with E-state index in [4.69, 9.17) is 9.15 Å². The molecule has 1 fully saturated rings. The van der Waals surface area contributed by atoms with Crippen LogP contribution in [0.5, 0.6) is 0 Å². The topological polar surface area (TPSA) is 54.7 Å². The smallest absolute Gasteiger partial charge is 0.322 e. The molecule has 1 aromatic carbocycles. The molecule has 1 aliphatic rings.